The van der Waals surface area contributed by atoms with Gasteiger partial charge in [0.15, 0.2) is 5.78 Å². The summed E-state index contributed by atoms with van der Waals surface area (Å²) in [4.78, 5) is 53.1. The van der Waals surface area contributed by atoms with Gasteiger partial charge in [-0.2, -0.15) is 9.59 Å². The summed E-state index contributed by atoms with van der Waals surface area (Å²) < 4.78 is 0. The summed E-state index contributed by atoms with van der Waals surface area (Å²) in [6.07, 6.45) is 2.09. The van der Waals surface area contributed by atoms with Crippen molar-refractivity contribution in [2.45, 2.75) is 40.5 Å². The Balaban J connectivity index is 0.00000153. The van der Waals surface area contributed by atoms with Crippen molar-refractivity contribution in [2.75, 3.05) is 5.32 Å². The lowest BCUT2D eigenvalue weighted by Gasteiger charge is -2.11. The molecule has 37 heavy (non-hydrogen) atoms. The van der Waals surface area contributed by atoms with Gasteiger partial charge in [0.2, 0.25) is 0 Å². The Hall–Kier alpha value is -4.35. The van der Waals surface area contributed by atoms with Gasteiger partial charge in [0.05, 0.1) is 11.1 Å². The average Bonchev–Trinajstić information content (AvgIpc) is 2.85. The molecule has 0 saturated carbocycles. The molecule has 1 amide bonds. The number of carboxylic acids is 1. The van der Waals surface area contributed by atoms with Crippen LogP contribution >= 0.6 is 0 Å². The highest BCUT2D eigenvalue weighted by Gasteiger charge is 2.20. The average molecular weight is 502 g/mol. The number of carbonyl (C=O) groups excluding carboxylic acids is 4. The van der Waals surface area contributed by atoms with Crippen LogP contribution in [0.25, 0.3) is 0 Å². The molecule has 0 spiro atoms. The standard InChI is InChI=1S/C29H31NO4.CO2/c1-18(2)15-20-5-7-21(8-6-20)16-22-9-12-24(13-10-22)30-28(32)26-17-23(27(31)19(3)4)11-14-25(26)29(33)34;2-1-3/h5-14,17-19H,15-16H2,1-4H3,(H,30,32)(H,33,34);. The molecule has 0 aliphatic carbocycles. The molecule has 7 nitrogen and oxygen atoms in total. The fourth-order valence-corrected chi connectivity index (χ4v) is 3.81. The van der Waals surface area contributed by atoms with Crippen LogP contribution in [0.5, 0.6) is 0 Å². The number of anilines is 1. The molecule has 0 atom stereocenters. The minimum absolute atomic E-state index is 0.0374. The van der Waals surface area contributed by atoms with Crippen LogP contribution in [-0.2, 0) is 22.4 Å². The number of carboxylic acid groups (broad SMARTS) is 1. The van der Waals surface area contributed by atoms with E-state index in [2.05, 4.69) is 43.4 Å². The first kappa shape index (κ1) is 28.9. The summed E-state index contributed by atoms with van der Waals surface area (Å²) in [6, 6.07) is 20.2. The van der Waals surface area contributed by atoms with Crippen molar-refractivity contribution in [2.24, 2.45) is 11.8 Å². The van der Waals surface area contributed by atoms with Gasteiger partial charge in [0, 0.05) is 17.2 Å². The number of Topliss-reactive ketones (excluding diaryl/α,β-unsaturated/α-hetero) is 1. The van der Waals surface area contributed by atoms with E-state index in [4.69, 9.17) is 9.59 Å². The van der Waals surface area contributed by atoms with E-state index >= 15 is 0 Å². The van der Waals surface area contributed by atoms with Crippen molar-refractivity contribution in [3.8, 4) is 0 Å². The molecule has 0 aromatic heterocycles. The van der Waals surface area contributed by atoms with Crippen LogP contribution in [0.1, 0.15) is 75.5 Å². The van der Waals surface area contributed by atoms with Gasteiger partial charge < -0.3 is 10.4 Å². The van der Waals surface area contributed by atoms with Crippen molar-refractivity contribution < 1.29 is 29.1 Å². The zero-order chi connectivity index (χ0) is 27.5. The van der Waals surface area contributed by atoms with Crippen LogP contribution in [0.3, 0.4) is 0 Å². The van der Waals surface area contributed by atoms with Crippen LogP contribution in [-0.4, -0.2) is 28.9 Å². The highest BCUT2D eigenvalue weighted by molar-refractivity contribution is 6.12. The molecule has 0 heterocycles. The maximum atomic E-state index is 12.9. The van der Waals surface area contributed by atoms with Gasteiger partial charge in [-0.1, -0.05) is 70.2 Å². The zero-order valence-electron chi connectivity index (χ0n) is 21.4. The monoisotopic (exact) mass is 501 g/mol. The molecule has 0 saturated heterocycles. The predicted octanol–water partition coefficient (Wildman–Crippen LogP) is 5.68. The molecular formula is C30H31NO6. The van der Waals surface area contributed by atoms with E-state index < -0.39 is 11.9 Å². The minimum Gasteiger partial charge on any atom is -0.478 e. The Morgan fingerprint density at radius 2 is 1.30 bits per heavy atom. The minimum atomic E-state index is -1.22. The van der Waals surface area contributed by atoms with E-state index in [1.807, 2.05) is 12.1 Å². The number of hydrogen-bond acceptors (Lipinski definition) is 5. The molecule has 0 radical (unpaired) electrons. The van der Waals surface area contributed by atoms with E-state index in [9.17, 15) is 19.5 Å². The maximum Gasteiger partial charge on any atom is 0.373 e. The SMILES string of the molecule is CC(C)Cc1ccc(Cc2ccc(NC(=O)c3cc(C(=O)C(C)C)ccc3C(=O)O)cc2)cc1.O=C=O. The number of aromatic carboxylic acids is 1. The van der Waals surface area contributed by atoms with Crippen molar-refractivity contribution in [1.82, 2.24) is 0 Å². The van der Waals surface area contributed by atoms with Crippen molar-refractivity contribution in [3.05, 3.63) is 100 Å². The third kappa shape index (κ3) is 8.67. The topological polar surface area (TPSA) is 118 Å². The summed E-state index contributed by atoms with van der Waals surface area (Å²) >= 11 is 0. The molecule has 0 aliphatic rings. The normalized spacial score (nSPS) is 10.3. The second-order valence-electron chi connectivity index (χ2n) is 9.41. The molecule has 192 valence electrons. The largest absolute Gasteiger partial charge is 0.478 e. The molecule has 3 aromatic rings. The zero-order valence-corrected chi connectivity index (χ0v) is 21.4. The molecule has 2 N–H and O–H groups in total. The van der Waals surface area contributed by atoms with Crippen LogP contribution < -0.4 is 5.32 Å². The Bertz CT molecular complexity index is 1270. The molecule has 3 rings (SSSR count). The highest BCUT2D eigenvalue weighted by atomic mass is 16.4. The molecule has 0 bridgehead atoms. The number of carbonyl (C=O) groups is 3. The number of rotatable bonds is 9. The lowest BCUT2D eigenvalue weighted by Crippen LogP contribution is -2.18. The molecule has 3 aromatic carbocycles. The van der Waals surface area contributed by atoms with Crippen molar-refractivity contribution in [3.63, 3.8) is 0 Å². The summed E-state index contributed by atoms with van der Waals surface area (Å²) in [6.45, 7) is 7.93. The van der Waals surface area contributed by atoms with E-state index in [0.29, 0.717) is 17.2 Å². The Morgan fingerprint density at radius 3 is 1.78 bits per heavy atom. The molecule has 0 unspecified atom stereocenters. The van der Waals surface area contributed by atoms with Gasteiger partial charge in [-0.3, -0.25) is 9.59 Å². The maximum absolute atomic E-state index is 12.9. The summed E-state index contributed by atoms with van der Waals surface area (Å²) in [7, 11) is 0. The highest BCUT2D eigenvalue weighted by Crippen LogP contribution is 2.20. The van der Waals surface area contributed by atoms with E-state index in [1.165, 1.54) is 29.3 Å². The van der Waals surface area contributed by atoms with Gasteiger partial charge in [-0.15, -0.1) is 0 Å². The quantitative estimate of drug-likeness (QED) is 0.364. The second-order valence-corrected chi connectivity index (χ2v) is 9.41. The fraction of sp³-hybridized carbons (Fsp3) is 0.267. The molecule has 0 aliphatic heterocycles. The number of amides is 1. The van der Waals surface area contributed by atoms with Crippen molar-refractivity contribution in [1.29, 1.82) is 0 Å². The van der Waals surface area contributed by atoms with E-state index in [0.717, 1.165) is 18.4 Å². The molecule has 7 heteroatoms. The summed E-state index contributed by atoms with van der Waals surface area (Å²) in [5.74, 6) is -1.57. The number of hydrogen-bond donors (Lipinski definition) is 2. The number of ketones is 1. The van der Waals surface area contributed by atoms with Crippen LogP contribution in [0.15, 0.2) is 66.7 Å². The van der Waals surface area contributed by atoms with Gasteiger partial charge >= 0.3 is 12.1 Å². The van der Waals surface area contributed by atoms with Crippen LogP contribution in [0.2, 0.25) is 0 Å². The first-order chi connectivity index (χ1) is 17.5. The van der Waals surface area contributed by atoms with Gasteiger partial charge in [0.25, 0.3) is 5.91 Å². The van der Waals surface area contributed by atoms with Gasteiger partial charge in [-0.05, 0) is 59.7 Å². The first-order valence-electron chi connectivity index (χ1n) is 11.9. The molecule has 0 fully saturated rings. The number of benzene rings is 3. The summed E-state index contributed by atoms with van der Waals surface area (Å²) in [5.41, 5.74) is 4.34. The fourth-order valence-electron chi connectivity index (χ4n) is 3.81. The third-order valence-corrected chi connectivity index (χ3v) is 5.59. The smallest absolute Gasteiger partial charge is 0.373 e. The Labute approximate surface area is 216 Å². The predicted molar refractivity (Wildman–Crippen MR) is 140 cm³/mol. The lowest BCUT2D eigenvalue weighted by molar-refractivity contribution is -0.191. The summed E-state index contributed by atoms with van der Waals surface area (Å²) in [5, 5.41) is 12.2. The second kappa shape index (κ2) is 13.7. The van der Waals surface area contributed by atoms with E-state index in [-0.39, 0.29) is 29.0 Å². The lowest BCUT2D eigenvalue weighted by atomic mass is 9.96. The Morgan fingerprint density at radius 1 is 0.784 bits per heavy atom. The van der Waals surface area contributed by atoms with Gasteiger partial charge in [-0.25, -0.2) is 4.79 Å². The van der Waals surface area contributed by atoms with Crippen LogP contribution in [0, 0.1) is 11.8 Å². The third-order valence-electron chi connectivity index (χ3n) is 5.59. The molecular weight excluding hydrogens is 470 g/mol. The van der Waals surface area contributed by atoms with Crippen LogP contribution in [0.4, 0.5) is 5.69 Å². The number of nitrogens with one attached hydrogen (secondary N) is 1. The van der Waals surface area contributed by atoms with E-state index in [1.54, 1.807) is 26.0 Å². The van der Waals surface area contributed by atoms with Gasteiger partial charge in [0.1, 0.15) is 0 Å². The first-order valence-corrected chi connectivity index (χ1v) is 11.9. The van der Waals surface area contributed by atoms with Crippen molar-refractivity contribution >= 4 is 29.5 Å². The Kier molecular flexibility index (Phi) is 10.7.